The monoisotopic (exact) mass is 184 g/mol. The predicted molar refractivity (Wildman–Crippen MR) is 36.0 cm³/mol. The molecule has 0 aromatic carbocycles. The van der Waals surface area contributed by atoms with Crippen molar-refractivity contribution >= 4 is 6.03 Å². The van der Waals surface area contributed by atoms with Gasteiger partial charge in [0.05, 0.1) is 0 Å². The van der Waals surface area contributed by atoms with E-state index in [-0.39, 0.29) is 6.54 Å². The van der Waals surface area contributed by atoms with Gasteiger partial charge < -0.3 is 5.32 Å². The lowest BCUT2D eigenvalue weighted by Crippen LogP contribution is -2.85. The largest absolute Gasteiger partial charge is 0.406 e. The first kappa shape index (κ1) is 11.2. The molecule has 6 heteroatoms. The molecule has 0 rings (SSSR count). The van der Waals surface area contributed by atoms with Crippen molar-refractivity contribution in [1.82, 2.24) is 4.90 Å². The molecule has 0 aromatic heterocycles. The van der Waals surface area contributed by atoms with Gasteiger partial charge in [0.2, 0.25) is 0 Å². The molecular weight excluding hydrogens is 173 g/mol. The molecule has 0 aromatic rings. The van der Waals surface area contributed by atoms with E-state index in [4.69, 9.17) is 0 Å². The maximum absolute atomic E-state index is 11.8. The van der Waals surface area contributed by atoms with E-state index in [0.717, 1.165) is 5.32 Å². The number of halogens is 3. The number of primary amides is 1. The standard InChI is InChI=1S/C6H11F3N2O/c1-3-11(5(12)10-2)4-6(7,8)9/h2-4,10H2,1H3. The topological polar surface area (TPSA) is 36.9 Å². The molecule has 3 nitrogen and oxygen atoms in total. The number of alkyl halides is 3. The van der Waals surface area contributed by atoms with Gasteiger partial charge in [0.25, 0.3) is 0 Å². The van der Waals surface area contributed by atoms with Crippen LogP contribution < -0.4 is 5.32 Å². The number of amides is 2. The Labute approximate surface area is 68.5 Å². The van der Waals surface area contributed by atoms with Crippen LogP contribution >= 0.6 is 0 Å². The maximum atomic E-state index is 11.8. The van der Waals surface area contributed by atoms with Crippen molar-refractivity contribution in [3.8, 4) is 0 Å². The fourth-order valence-electron chi connectivity index (χ4n) is 0.691. The molecule has 0 bridgehead atoms. The third-order valence-electron chi connectivity index (χ3n) is 1.24. The van der Waals surface area contributed by atoms with E-state index in [9.17, 15) is 18.0 Å². The zero-order valence-corrected chi connectivity index (χ0v) is 6.69. The minimum absolute atomic E-state index is 0.0321. The predicted octanol–water partition coefficient (Wildman–Crippen LogP) is 0.346. The minimum Gasteiger partial charge on any atom is -0.395 e. The van der Waals surface area contributed by atoms with Crippen molar-refractivity contribution in [2.75, 3.05) is 13.1 Å². The molecule has 2 N–H and O–H groups in total. The average molecular weight is 184 g/mol. The molecule has 0 aliphatic rings. The van der Waals surface area contributed by atoms with Crippen molar-refractivity contribution in [3.63, 3.8) is 0 Å². The van der Waals surface area contributed by atoms with Crippen LogP contribution in [0.25, 0.3) is 0 Å². The summed E-state index contributed by atoms with van der Waals surface area (Å²) in [6, 6.07) is -0.699. The molecule has 12 heavy (non-hydrogen) atoms. The summed E-state index contributed by atoms with van der Waals surface area (Å²) in [5.41, 5.74) is 0. The van der Waals surface area contributed by atoms with Gasteiger partial charge in [0, 0.05) is 6.54 Å². The van der Waals surface area contributed by atoms with Crippen LogP contribution in [0, 0.1) is 7.05 Å². The first-order valence-electron chi connectivity index (χ1n) is 3.38. The lowest BCUT2D eigenvalue weighted by atomic mass is 10.5. The molecule has 0 heterocycles. The fourth-order valence-corrected chi connectivity index (χ4v) is 0.691. The van der Waals surface area contributed by atoms with Crippen LogP contribution in [0.15, 0.2) is 0 Å². The molecule has 0 atom stereocenters. The Bertz CT molecular complexity index is 157. The van der Waals surface area contributed by atoms with Crippen molar-refractivity contribution in [2.45, 2.75) is 13.1 Å². The highest BCUT2D eigenvalue weighted by Gasteiger charge is 2.32. The number of rotatable bonds is 2. The number of hydrogen-bond donors (Lipinski definition) is 1. The fraction of sp³-hybridized carbons (Fsp3) is 0.667. The highest BCUT2D eigenvalue weighted by Crippen LogP contribution is 2.15. The SMILES string of the molecule is [CH2-][NH2+]C(=O)N(CC)CC(F)(F)F. The van der Waals surface area contributed by atoms with Crippen molar-refractivity contribution in [1.29, 1.82) is 0 Å². The van der Waals surface area contributed by atoms with Crippen LogP contribution in [0.3, 0.4) is 0 Å². The Hall–Kier alpha value is -0.780. The molecule has 0 fully saturated rings. The Balaban J connectivity index is 4.09. The second-order valence-corrected chi connectivity index (χ2v) is 2.17. The average Bonchev–Trinajstić information content (AvgIpc) is 1.97. The first-order chi connectivity index (χ1) is 5.40. The van der Waals surface area contributed by atoms with Gasteiger partial charge in [0.1, 0.15) is 6.54 Å². The number of carbonyl (C=O) groups excluding carboxylic acids is 1. The maximum Gasteiger partial charge on any atom is 0.406 e. The van der Waals surface area contributed by atoms with Crippen LogP contribution in [0.2, 0.25) is 0 Å². The molecule has 0 unspecified atom stereocenters. The molecule has 0 saturated carbocycles. The van der Waals surface area contributed by atoms with Crippen molar-refractivity contribution in [2.24, 2.45) is 0 Å². The second kappa shape index (κ2) is 4.30. The highest BCUT2D eigenvalue weighted by molar-refractivity contribution is 5.63. The van der Waals surface area contributed by atoms with Gasteiger partial charge in [-0.05, 0) is 6.92 Å². The number of hydrogen-bond acceptors (Lipinski definition) is 1. The lowest BCUT2D eigenvalue weighted by Gasteiger charge is -2.19. The van der Waals surface area contributed by atoms with Crippen LogP contribution in [0.1, 0.15) is 6.92 Å². The van der Waals surface area contributed by atoms with Gasteiger partial charge in [-0.1, -0.05) is 0 Å². The first-order valence-corrected chi connectivity index (χ1v) is 3.38. The molecule has 72 valence electrons. The van der Waals surface area contributed by atoms with E-state index in [0.29, 0.717) is 4.90 Å². The third-order valence-corrected chi connectivity index (χ3v) is 1.24. The zero-order chi connectivity index (χ0) is 9.78. The van der Waals surface area contributed by atoms with E-state index in [2.05, 4.69) is 7.05 Å². The van der Waals surface area contributed by atoms with Gasteiger partial charge in [-0.25, -0.2) is 4.79 Å². The normalized spacial score (nSPS) is 11.4. The summed E-state index contributed by atoms with van der Waals surface area (Å²) >= 11 is 0. The molecule has 2 amide bonds. The van der Waals surface area contributed by atoms with Gasteiger partial charge in [-0.15, -0.1) is 7.05 Å². The van der Waals surface area contributed by atoms with Crippen LogP contribution in [0.5, 0.6) is 0 Å². The summed E-state index contributed by atoms with van der Waals surface area (Å²) in [5.74, 6) is 0. The molecule has 0 saturated heterocycles. The Morgan fingerprint density at radius 2 is 2.08 bits per heavy atom. The summed E-state index contributed by atoms with van der Waals surface area (Å²) in [5, 5.41) is 0.870. The number of nitrogens with zero attached hydrogens (tertiary/aromatic N) is 1. The Morgan fingerprint density at radius 1 is 1.58 bits per heavy atom. The smallest absolute Gasteiger partial charge is 0.395 e. The van der Waals surface area contributed by atoms with Crippen LogP contribution in [-0.4, -0.2) is 30.2 Å². The van der Waals surface area contributed by atoms with E-state index in [1.54, 1.807) is 0 Å². The summed E-state index contributed by atoms with van der Waals surface area (Å²) < 4.78 is 35.3. The molecular formula is C6H11F3N2O. The van der Waals surface area contributed by atoms with Gasteiger partial charge >= 0.3 is 12.2 Å². The lowest BCUT2D eigenvalue weighted by molar-refractivity contribution is -0.498. The van der Waals surface area contributed by atoms with E-state index in [1.165, 1.54) is 6.92 Å². The number of nitrogens with two attached hydrogens (primary N) is 1. The van der Waals surface area contributed by atoms with Gasteiger partial charge in [-0.2, -0.15) is 13.2 Å². The number of quaternary nitrogens is 1. The Kier molecular flexibility index (Phi) is 4.02. The summed E-state index contributed by atoms with van der Waals surface area (Å²) in [7, 11) is 3.10. The molecule has 0 aliphatic carbocycles. The van der Waals surface area contributed by atoms with Crippen molar-refractivity contribution < 1.29 is 23.3 Å². The number of carbonyl (C=O) groups is 1. The molecule has 0 radical (unpaired) electrons. The van der Waals surface area contributed by atoms with Gasteiger partial charge in [0.15, 0.2) is 0 Å². The zero-order valence-electron chi connectivity index (χ0n) is 6.69. The molecule has 0 aliphatic heterocycles. The van der Waals surface area contributed by atoms with Crippen LogP contribution in [-0.2, 0) is 0 Å². The Morgan fingerprint density at radius 3 is 2.33 bits per heavy atom. The van der Waals surface area contributed by atoms with Gasteiger partial charge in [-0.3, -0.25) is 4.90 Å². The number of urea groups is 1. The highest BCUT2D eigenvalue weighted by atomic mass is 19.4. The quantitative estimate of drug-likeness (QED) is 0.617. The van der Waals surface area contributed by atoms with Crippen molar-refractivity contribution in [3.05, 3.63) is 7.05 Å². The summed E-state index contributed by atoms with van der Waals surface area (Å²) in [6.07, 6.45) is -4.34. The second-order valence-electron chi connectivity index (χ2n) is 2.17. The summed E-state index contributed by atoms with van der Waals surface area (Å²) in [6.45, 7) is 0.297. The minimum atomic E-state index is -4.34. The third kappa shape index (κ3) is 4.17. The van der Waals surface area contributed by atoms with Crippen LogP contribution in [0.4, 0.5) is 18.0 Å². The molecule has 0 spiro atoms. The van der Waals surface area contributed by atoms with E-state index >= 15 is 0 Å². The van der Waals surface area contributed by atoms with E-state index < -0.39 is 18.8 Å². The van der Waals surface area contributed by atoms with E-state index in [1.807, 2.05) is 0 Å². The summed E-state index contributed by atoms with van der Waals surface area (Å²) in [4.78, 5) is 11.4.